The Kier molecular flexibility index (Phi) is 16.3. The molecule has 1 aliphatic heterocycles. The summed E-state index contributed by atoms with van der Waals surface area (Å²) in [5, 5.41) is 11.3. The number of benzene rings is 2. The van der Waals surface area contributed by atoms with Crippen LogP contribution in [-0.4, -0.2) is 80.4 Å². The van der Waals surface area contributed by atoms with Crippen LogP contribution in [0.25, 0.3) is 0 Å². The van der Waals surface area contributed by atoms with Gasteiger partial charge in [-0.2, -0.15) is 0 Å². The lowest BCUT2D eigenvalue weighted by molar-refractivity contribution is -0.134. The molecule has 12 heteroatoms. The maximum atomic E-state index is 13.8. The summed E-state index contributed by atoms with van der Waals surface area (Å²) in [6.45, 7) is 5.42. The van der Waals surface area contributed by atoms with Crippen LogP contribution in [0.3, 0.4) is 0 Å². The molecule has 0 saturated carbocycles. The molecule has 47 heavy (non-hydrogen) atoms. The third-order valence-corrected chi connectivity index (χ3v) is 7.89. The molecule has 0 aromatic heterocycles. The normalized spacial score (nSPS) is 15.8. The van der Waals surface area contributed by atoms with Crippen molar-refractivity contribution < 1.29 is 28.7 Å². The molecule has 1 aliphatic rings. The molecule has 4 amide bonds. The van der Waals surface area contributed by atoms with Crippen LogP contribution in [0.1, 0.15) is 57.1 Å². The first kappa shape index (κ1) is 37.6. The van der Waals surface area contributed by atoms with E-state index in [1.54, 1.807) is 0 Å². The van der Waals surface area contributed by atoms with Gasteiger partial charge in [-0.05, 0) is 68.5 Å². The quantitative estimate of drug-likeness (QED) is 0.116. The maximum absolute atomic E-state index is 13.8. The van der Waals surface area contributed by atoms with Gasteiger partial charge in [0.25, 0.3) is 0 Å². The number of nitrogens with two attached hydrogens (primary N) is 2. The van der Waals surface area contributed by atoms with Gasteiger partial charge in [-0.25, -0.2) is 0 Å². The molecule has 4 atom stereocenters. The predicted octanol–water partition coefficient (Wildman–Crippen LogP) is 1.31. The maximum Gasteiger partial charge on any atom is 0.243 e. The van der Waals surface area contributed by atoms with Gasteiger partial charge >= 0.3 is 0 Å². The van der Waals surface area contributed by atoms with E-state index in [1.165, 1.54) is 0 Å². The molecule has 2 aromatic carbocycles. The zero-order chi connectivity index (χ0) is 34.0. The molecule has 12 nitrogen and oxygen atoms in total. The summed E-state index contributed by atoms with van der Waals surface area (Å²) in [5.74, 6) is -1.77. The first-order chi connectivity index (χ1) is 22.7. The van der Waals surface area contributed by atoms with Gasteiger partial charge in [0.2, 0.25) is 23.6 Å². The van der Waals surface area contributed by atoms with Crippen LogP contribution in [0.15, 0.2) is 60.7 Å². The molecule has 0 aliphatic carbocycles. The summed E-state index contributed by atoms with van der Waals surface area (Å²) in [7, 11) is 0. The lowest BCUT2D eigenvalue weighted by Crippen LogP contribution is -2.58. The van der Waals surface area contributed by atoms with Gasteiger partial charge in [0.1, 0.15) is 18.1 Å². The van der Waals surface area contributed by atoms with Crippen molar-refractivity contribution >= 4 is 23.6 Å². The molecule has 0 bridgehead atoms. The van der Waals surface area contributed by atoms with E-state index in [1.807, 2.05) is 74.5 Å². The molecular weight excluding hydrogens is 600 g/mol. The second kappa shape index (κ2) is 20.4. The summed E-state index contributed by atoms with van der Waals surface area (Å²) < 4.78 is 10.8. The molecule has 0 radical (unpaired) electrons. The van der Waals surface area contributed by atoms with Crippen molar-refractivity contribution in [1.29, 1.82) is 0 Å². The molecule has 0 unspecified atom stereocenters. The summed E-state index contributed by atoms with van der Waals surface area (Å²) in [6.07, 6.45) is 2.61. The number of unbranched alkanes of at least 4 members (excludes halogenated alkanes) is 1. The van der Waals surface area contributed by atoms with E-state index in [9.17, 15) is 19.2 Å². The van der Waals surface area contributed by atoms with Crippen LogP contribution >= 0.6 is 0 Å². The number of nitrogens with one attached hydrogen (secondary N) is 4. The largest absolute Gasteiger partial charge is 0.349 e. The Morgan fingerprint density at radius 3 is 1.91 bits per heavy atom. The average Bonchev–Trinajstić information content (AvgIpc) is 3.59. The highest BCUT2D eigenvalue weighted by Gasteiger charge is 2.31. The minimum Gasteiger partial charge on any atom is -0.349 e. The van der Waals surface area contributed by atoms with Crippen LogP contribution in [0.2, 0.25) is 0 Å². The highest BCUT2D eigenvalue weighted by atomic mass is 16.7. The Hall–Kier alpha value is -3.84. The fourth-order valence-electron chi connectivity index (χ4n) is 5.31. The zero-order valence-electron chi connectivity index (χ0n) is 27.6. The molecule has 8 N–H and O–H groups in total. The van der Waals surface area contributed by atoms with E-state index in [0.717, 1.165) is 11.1 Å². The first-order valence-electron chi connectivity index (χ1n) is 16.6. The van der Waals surface area contributed by atoms with Crippen molar-refractivity contribution in [1.82, 2.24) is 21.3 Å². The summed E-state index contributed by atoms with van der Waals surface area (Å²) in [6, 6.07) is 15.5. The molecule has 1 saturated heterocycles. The second-order valence-corrected chi connectivity index (χ2v) is 12.3. The number of rotatable bonds is 20. The average molecular weight is 653 g/mol. The Labute approximate surface area is 278 Å². The molecule has 1 fully saturated rings. The van der Waals surface area contributed by atoms with Gasteiger partial charge in [-0.15, -0.1) is 0 Å². The van der Waals surface area contributed by atoms with Crippen molar-refractivity contribution in [3.63, 3.8) is 0 Å². The number of hydrogen-bond acceptors (Lipinski definition) is 8. The molecule has 2 aromatic rings. The van der Waals surface area contributed by atoms with Gasteiger partial charge in [0.15, 0.2) is 6.29 Å². The third kappa shape index (κ3) is 13.8. The van der Waals surface area contributed by atoms with Gasteiger partial charge in [-0.3, -0.25) is 19.2 Å². The molecule has 258 valence electrons. The van der Waals surface area contributed by atoms with Crippen LogP contribution in [0, 0.1) is 5.92 Å². The first-order valence-corrected chi connectivity index (χ1v) is 16.6. The smallest absolute Gasteiger partial charge is 0.243 e. The van der Waals surface area contributed by atoms with E-state index in [2.05, 4.69) is 21.3 Å². The van der Waals surface area contributed by atoms with E-state index in [0.29, 0.717) is 64.7 Å². The van der Waals surface area contributed by atoms with Gasteiger partial charge in [0, 0.05) is 0 Å². The molecule has 0 spiro atoms. The summed E-state index contributed by atoms with van der Waals surface area (Å²) in [5.41, 5.74) is 13.8. The van der Waals surface area contributed by atoms with Crippen molar-refractivity contribution in [2.45, 2.75) is 89.3 Å². The minimum absolute atomic E-state index is 0.0453. The SMILES string of the molecule is CC(C)C[C@@H](NC(=O)[C@@H](CCc1ccccc1)NC(=O)[C@H](N)Cc1ccccc1)C(=O)N[C@H](CCCCN)C(=O)NCC1OCCO1. The monoisotopic (exact) mass is 652 g/mol. The van der Waals surface area contributed by atoms with E-state index < -0.39 is 48.2 Å². The van der Waals surface area contributed by atoms with E-state index in [-0.39, 0.29) is 18.4 Å². The number of ether oxygens (including phenoxy) is 2. The number of hydrogen-bond donors (Lipinski definition) is 6. The Morgan fingerprint density at radius 2 is 1.30 bits per heavy atom. The van der Waals surface area contributed by atoms with Crippen molar-refractivity contribution in [2.24, 2.45) is 17.4 Å². The topological polar surface area (TPSA) is 187 Å². The lowest BCUT2D eigenvalue weighted by Gasteiger charge is -2.27. The number of amides is 4. The van der Waals surface area contributed by atoms with Gasteiger partial charge < -0.3 is 42.2 Å². The molecular formula is C35H52N6O6. The number of carbonyl (C=O) groups is 4. The predicted molar refractivity (Wildman–Crippen MR) is 180 cm³/mol. The van der Waals surface area contributed by atoms with Crippen molar-refractivity contribution in [3.05, 3.63) is 71.8 Å². The highest BCUT2D eigenvalue weighted by Crippen LogP contribution is 2.11. The van der Waals surface area contributed by atoms with Crippen molar-refractivity contribution in [3.8, 4) is 0 Å². The Bertz CT molecular complexity index is 1240. The minimum atomic E-state index is -0.943. The lowest BCUT2D eigenvalue weighted by atomic mass is 9.99. The van der Waals surface area contributed by atoms with Crippen molar-refractivity contribution in [2.75, 3.05) is 26.3 Å². The van der Waals surface area contributed by atoms with E-state index >= 15 is 0 Å². The molecule has 1 heterocycles. The fraction of sp³-hybridized carbons (Fsp3) is 0.543. The van der Waals surface area contributed by atoms with Gasteiger partial charge in [-0.1, -0.05) is 74.5 Å². The highest BCUT2D eigenvalue weighted by molar-refractivity contribution is 5.94. The van der Waals surface area contributed by atoms with Crippen LogP contribution in [-0.2, 0) is 41.5 Å². The Morgan fingerprint density at radius 1 is 0.745 bits per heavy atom. The van der Waals surface area contributed by atoms with Crippen LogP contribution in [0.4, 0.5) is 0 Å². The Balaban J connectivity index is 1.71. The fourth-order valence-corrected chi connectivity index (χ4v) is 5.31. The van der Waals surface area contributed by atoms with E-state index in [4.69, 9.17) is 20.9 Å². The van der Waals surface area contributed by atoms with Gasteiger partial charge in [0.05, 0.1) is 25.8 Å². The number of aryl methyl sites for hydroxylation is 1. The number of carbonyl (C=O) groups excluding carboxylic acids is 4. The second-order valence-electron chi connectivity index (χ2n) is 12.3. The summed E-state index contributed by atoms with van der Waals surface area (Å²) in [4.78, 5) is 53.8. The summed E-state index contributed by atoms with van der Waals surface area (Å²) >= 11 is 0. The standard InChI is InChI=1S/C35H52N6O6/c1-24(2)21-30(35(45)40-28(15-9-10-18-36)33(43)38-23-31-46-19-20-47-31)41-34(44)29(17-16-25-11-5-3-6-12-25)39-32(42)27(37)22-26-13-7-4-8-14-26/h3-8,11-14,24,27-31H,9-10,15-23,36-37H2,1-2H3,(H,38,43)(H,39,42)(H,40,45)(H,41,44)/t27-,28-,29-,30-/m1/s1. The zero-order valence-corrected chi connectivity index (χ0v) is 27.6. The molecule has 3 rings (SSSR count). The van der Waals surface area contributed by atoms with Crippen LogP contribution in [0.5, 0.6) is 0 Å². The van der Waals surface area contributed by atoms with Crippen LogP contribution < -0.4 is 32.7 Å². The third-order valence-electron chi connectivity index (χ3n) is 7.89.